The Bertz CT molecular complexity index is 1130. The number of benzene rings is 2. The van der Waals surface area contributed by atoms with Crippen molar-refractivity contribution in [2.75, 3.05) is 19.6 Å². The normalized spacial score (nSPS) is 14.5. The third-order valence-corrected chi connectivity index (χ3v) is 5.64. The van der Waals surface area contributed by atoms with Crippen LogP contribution in [0.15, 0.2) is 47.3 Å². The molecule has 0 unspecified atom stereocenters. The molecular weight excluding hydrogens is 382 g/mol. The molecule has 1 amide bonds. The Kier molecular flexibility index (Phi) is 5.70. The molecule has 0 bridgehead atoms. The second-order valence-corrected chi connectivity index (χ2v) is 7.47. The van der Waals surface area contributed by atoms with Crippen LogP contribution in [0.5, 0.6) is 11.5 Å². The van der Waals surface area contributed by atoms with E-state index in [1.807, 2.05) is 12.1 Å². The molecule has 1 saturated carbocycles. The van der Waals surface area contributed by atoms with Gasteiger partial charge in [-0.3, -0.25) is 15.0 Å². The minimum absolute atomic E-state index is 0.133. The Hall–Kier alpha value is -3.35. The lowest BCUT2D eigenvalue weighted by Crippen LogP contribution is -2.37. The zero-order valence-electron chi connectivity index (χ0n) is 17.2. The minimum Gasteiger partial charge on any atom is -0.497 e. The summed E-state index contributed by atoms with van der Waals surface area (Å²) in [6.07, 6.45) is 5.27. The van der Waals surface area contributed by atoms with Gasteiger partial charge in [-0.25, -0.2) is 9.66 Å². The summed E-state index contributed by atoms with van der Waals surface area (Å²) in [7, 11) is 3.04. The number of ether oxygens (including phenoxy) is 2. The summed E-state index contributed by atoms with van der Waals surface area (Å²) in [4.78, 5) is 31.1. The van der Waals surface area contributed by atoms with E-state index in [1.165, 1.54) is 18.2 Å². The lowest BCUT2D eigenvalue weighted by atomic mass is 9.88. The van der Waals surface area contributed by atoms with Gasteiger partial charge < -0.3 is 9.47 Å². The van der Waals surface area contributed by atoms with Gasteiger partial charge in [-0.1, -0.05) is 31.4 Å². The fraction of sp³-hybridized carbons (Fsp3) is 0.348. The van der Waals surface area contributed by atoms with Gasteiger partial charge in [0.2, 0.25) is 0 Å². The summed E-state index contributed by atoms with van der Waals surface area (Å²) in [5.74, 6) is 1.25. The summed E-state index contributed by atoms with van der Waals surface area (Å²) in [5.41, 5.74) is 3.46. The Morgan fingerprint density at radius 3 is 2.57 bits per heavy atom. The maximum Gasteiger partial charge on any atom is 0.280 e. The van der Waals surface area contributed by atoms with E-state index in [0.29, 0.717) is 33.8 Å². The van der Waals surface area contributed by atoms with Crippen LogP contribution in [0.4, 0.5) is 0 Å². The van der Waals surface area contributed by atoms with Crippen molar-refractivity contribution in [1.29, 1.82) is 0 Å². The molecule has 0 atom stereocenters. The van der Waals surface area contributed by atoms with Gasteiger partial charge >= 0.3 is 0 Å². The van der Waals surface area contributed by atoms with Gasteiger partial charge in [0.15, 0.2) is 0 Å². The van der Waals surface area contributed by atoms with Crippen molar-refractivity contribution in [2.24, 2.45) is 0 Å². The molecule has 0 radical (unpaired) electrons. The first-order chi connectivity index (χ1) is 14.6. The molecule has 2 aromatic carbocycles. The van der Waals surface area contributed by atoms with Gasteiger partial charge in [0, 0.05) is 12.0 Å². The number of nitrogens with zero attached hydrogens (tertiary/aromatic N) is 2. The summed E-state index contributed by atoms with van der Waals surface area (Å²) >= 11 is 0. The molecule has 4 rings (SSSR count). The SMILES string of the molecule is COc1ccc(C(=O)Nn2c(C3CCCCC3)nc3ccccc3c2=O)c(OC)c1. The largest absolute Gasteiger partial charge is 0.497 e. The van der Waals surface area contributed by atoms with Crippen molar-refractivity contribution in [3.63, 3.8) is 0 Å². The predicted octanol–water partition coefficient (Wildman–Crippen LogP) is 3.85. The van der Waals surface area contributed by atoms with Crippen molar-refractivity contribution in [1.82, 2.24) is 9.66 Å². The molecular formula is C23H25N3O4. The molecule has 0 aliphatic heterocycles. The molecule has 156 valence electrons. The Morgan fingerprint density at radius 1 is 1.07 bits per heavy atom. The topological polar surface area (TPSA) is 82.5 Å². The van der Waals surface area contributed by atoms with Crippen LogP contribution in [-0.2, 0) is 0 Å². The molecule has 0 spiro atoms. The number of rotatable bonds is 5. The van der Waals surface area contributed by atoms with Crippen LogP contribution in [0, 0.1) is 0 Å². The first kappa shape index (κ1) is 19.9. The molecule has 1 N–H and O–H groups in total. The highest BCUT2D eigenvalue weighted by Gasteiger charge is 2.24. The van der Waals surface area contributed by atoms with Crippen LogP contribution in [0.2, 0.25) is 0 Å². The number of aromatic nitrogens is 2. The molecule has 30 heavy (non-hydrogen) atoms. The van der Waals surface area contributed by atoms with Crippen LogP contribution in [0.3, 0.4) is 0 Å². The standard InChI is InChI=1S/C23H25N3O4/c1-29-16-12-13-18(20(14-16)30-2)22(27)25-26-21(15-8-4-3-5-9-15)24-19-11-7-6-10-17(19)23(26)28/h6-7,10-15H,3-5,8-9H2,1-2H3,(H,25,27). The highest BCUT2D eigenvalue weighted by Crippen LogP contribution is 2.31. The monoisotopic (exact) mass is 407 g/mol. The molecule has 1 heterocycles. The number of para-hydroxylation sites is 1. The van der Waals surface area contributed by atoms with Crippen molar-refractivity contribution in [2.45, 2.75) is 38.0 Å². The number of hydrogen-bond acceptors (Lipinski definition) is 5. The number of fused-ring (bicyclic) bond motifs is 1. The molecule has 1 aliphatic rings. The van der Waals surface area contributed by atoms with Crippen LogP contribution in [-0.4, -0.2) is 29.8 Å². The van der Waals surface area contributed by atoms with E-state index in [0.717, 1.165) is 25.7 Å². The molecule has 7 heteroatoms. The summed E-state index contributed by atoms with van der Waals surface area (Å²) in [5, 5.41) is 0.471. The zero-order chi connectivity index (χ0) is 21.1. The maximum absolute atomic E-state index is 13.3. The van der Waals surface area contributed by atoms with Crippen molar-refractivity contribution < 1.29 is 14.3 Å². The van der Waals surface area contributed by atoms with E-state index in [-0.39, 0.29) is 11.5 Å². The number of methoxy groups -OCH3 is 2. The molecule has 0 saturated heterocycles. The van der Waals surface area contributed by atoms with Crippen LogP contribution >= 0.6 is 0 Å². The maximum atomic E-state index is 13.3. The fourth-order valence-electron chi connectivity index (χ4n) is 4.04. The Labute approximate surface area is 174 Å². The van der Waals surface area contributed by atoms with Gasteiger partial charge in [-0.2, -0.15) is 0 Å². The predicted molar refractivity (Wildman–Crippen MR) is 115 cm³/mol. The average molecular weight is 407 g/mol. The van der Waals surface area contributed by atoms with Gasteiger partial charge in [-0.05, 0) is 37.1 Å². The Morgan fingerprint density at radius 2 is 1.83 bits per heavy atom. The van der Waals surface area contributed by atoms with Crippen molar-refractivity contribution in [3.05, 3.63) is 64.2 Å². The van der Waals surface area contributed by atoms with E-state index >= 15 is 0 Å². The van der Waals surface area contributed by atoms with Gasteiger partial charge in [-0.15, -0.1) is 0 Å². The van der Waals surface area contributed by atoms with Gasteiger partial charge in [0.25, 0.3) is 11.5 Å². The van der Waals surface area contributed by atoms with Crippen LogP contribution in [0.1, 0.15) is 54.2 Å². The smallest absolute Gasteiger partial charge is 0.280 e. The number of hydrogen-bond donors (Lipinski definition) is 1. The molecule has 7 nitrogen and oxygen atoms in total. The molecule has 1 fully saturated rings. The first-order valence-corrected chi connectivity index (χ1v) is 10.2. The summed E-state index contributed by atoms with van der Waals surface area (Å²) < 4.78 is 11.9. The van der Waals surface area contributed by atoms with E-state index in [9.17, 15) is 9.59 Å². The van der Waals surface area contributed by atoms with Crippen molar-refractivity contribution >= 4 is 16.8 Å². The lowest BCUT2D eigenvalue weighted by Gasteiger charge is -2.24. The number of nitrogens with one attached hydrogen (secondary N) is 1. The van der Waals surface area contributed by atoms with E-state index < -0.39 is 5.91 Å². The molecule has 1 aromatic heterocycles. The van der Waals surface area contributed by atoms with Crippen LogP contribution < -0.4 is 20.5 Å². The summed E-state index contributed by atoms with van der Waals surface area (Å²) in [6, 6.07) is 12.2. The second-order valence-electron chi connectivity index (χ2n) is 7.47. The van der Waals surface area contributed by atoms with Gasteiger partial charge in [0.1, 0.15) is 17.3 Å². The average Bonchev–Trinajstić information content (AvgIpc) is 2.80. The fourth-order valence-corrected chi connectivity index (χ4v) is 4.04. The number of carbonyl (C=O) groups excluding carboxylic acids is 1. The third kappa shape index (κ3) is 3.75. The highest BCUT2D eigenvalue weighted by atomic mass is 16.5. The molecule has 1 aliphatic carbocycles. The van der Waals surface area contributed by atoms with Gasteiger partial charge in [0.05, 0.1) is 30.7 Å². The van der Waals surface area contributed by atoms with E-state index in [4.69, 9.17) is 14.5 Å². The highest BCUT2D eigenvalue weighted by molar-refractivity contribution is 6.02. The third-order valence-electron chi connectivity index (χ3n) is 5.64. The summed E-state index contributed by atoms with van der Waals surface area (Å²) in [6.45, 7) is 0. The van der Waals surface area contributed by atoms with Crippen molar-refractivity contribution in [3.8, 4) is 11.5 Å². The number of carbonyl (C=O) groups is 1. The second kappa shape index (κ2) is 8.57. The Balaban J connectivity index is 1.78. The quantitative estimate of drug-likeness (QED) is 0.695. The van der Waals surface area contributed by atoms with E-state index in [2.05, 4.69) is 5.43 Å². The lowest BCUT2D eigenvalue weighted by molar-refractivity contribution is 0.100. The zero-order valence-corrected chi connectivity index (χ0v) is 17.2. The molecule has 3 aromatic rings. The van der Waals surface area contributed by atoms with Crippen LogP contribution in [0.25, 0.3) is 10.9 Å². The minimum atomic E-state index is -0.439. The first-order valence-electron chi connectivity index (χ1n) is 10.2. The number of amides is 1. The van der Waals surface area contributed by atoms with E-state index in [1.54, 1.807) is 37.4 Å².